The highest BCUT2D eigenvalue weighted by molar-refractivity contribution is 7.89. The van der Waals surface area contributed by atoms with E-state index in [0.29, 0.717) is 11.4 Å². The first-order valence-corrected chi connectivity index (χ1v) is 12.0. The van der Waals surface area contributed by atoms with Gasteiger partial charge in [-0.05, 0) is 25.0 Å². The third-order valence-corrected chi connectivity index (χ3v) is 7.41. The van der Waals surface area contributed by atoms with E-state index in [-0.39, 0.29) is 18.2 Å². The minimum absolute atomic E-state index is 0.0278. The van der Waals surface area contributed by atoms with Gasteiger partial charge < -0.3 is 0 Å². The molecule has 0 fully saturated rings. The molecule has 1 aromatic rings. The van der Waals surface area contributed by atoms with Crippen molar-refractivity contribution in [3.63, 3.8) is 0 Å². The van der Waals surface area contributed by atoms with Gasteiger partial charge in [0.1, 0.15) is 5.78 Å². The summed E-state index contributed by atoms with van der Waals surface area (Å²) in [5, 5.41) is 0. The Labute approximate surface area is 165 Å². The lowest BCUT2D eigenvalue weighted by Gasteiger charge is -2.22. The van der Waals surface area contributed by atoms with E-state index in [4.69, 9.17) is 0 Å². The fourth-order valence-electron chi connectivity index (χ4n) is 3.95. The standard InChI is InChI=1S/C22H35NO3S/c1-3-4-5-6-7-8-9-10-11-14-17-23-21(18-19(2)24)20-15-12-13-16-22(20)27(23,25)26/h12-13,15-16,21H,3-11,14,17-18H2,1-2H3/t21-/m0/s1. The summed E-state index contributed by atoms with van der Waals surface area (Å²) in [7, 11) is -3.47. The zero-order chi connectivity index (χ0) is 19.7. The van der Waals surface area contributed by atoms with Crippen LogP contribution in [0.25, 0.3) is 0 Å². The summed E-state index contributed by atoms with van der Waals surface area (Å²) in [6.45, 7) is 4.28. The second-order valence-corrected chi connectivity index (χ2v) is 9.62. The van der Waals surface area contributed by atoms with Gasteiger partial charge in [-0.15, -0.1) is 0 Å². The molecule has 1 aliphatic heterocycles. The number of hydrogen-bond acceptors (Lipinski definition) is 3. The topological polar surface area (TPSA) is 54.5 Å². The minimum Gasteiger partial charge on any atom is -0.300 e. The summed E-state index contributed by atoms with van der Waals surface area (Å²) < 4.78 is 27.3. The van der Waals surface area contributed by atoms with E-state index in [1.54, 1.807) is 16.4 Å². The molecule has 152 valence electrons. The lowest BCUT2D eigenvalue weighted by Crippen LogP contribution is -2.30. The van der Waals surface area contributed by atoms with Gasteiger partial charge in [0.05, 0.1) is 10.9 Å². The summed E-state index contributed by atoms with van der Waals surface area (Å²) in [6.07, 6.45) is 12.5. The Kier molecular flexibility index (Phi) is 8.97. The van der Waals surface area contributed by atoms with E-state index in [9.17, 15) is 13.2 Å². The van der Waals surface area contributed by atoms with E-state index in [0.717, 1.165) is 24.8 Å². The molecule has 0 amide bonds. The highest BCUT2D eigenvalue weighted by Crippen LogP contribution is 2.41. The van der Waals surface area contributed by atoms with Crippen LogP contribution in [0, 0.1) is 0 Å². The number of hydrogen-bond donors (Lipinski definition) is 0. The Morgan fingerprint density at radius 1 is 0.926 bits per heavy atom. The van der Waals surface area contributed by atoms with Crippen molar-refractivity contribution in [2.75, 3.05) is 6.54 Å². The first-order valence-electron chi connectivity index (χ1n) is 10.6. The zero-order valence-corrected chi connectivity index (χ0v) is 17.8. The van der Waals surface area contributed by atoms with Crippen molar-refractivity contribution in [2.45, 2.75) is 95.4 Å². The van der Waals surface area contributed by atoms with Crippen molar-refractivity contribution in [1.29, 1.82) is 0 Å². The number of rotatable bonds is 13. The Morgan fingerprint density at radius 2 is 1.48 bits per heavy atom. The number of ketones is 1. The van der Waals surface area contributed by atoms with Crippen molar-refractivity contribution in [2.24, 2.45) is 0 Å². The monoisotopic (exact) mass is 393 g/mol. The molecule has 1 aromatic carbocycles. The third-order valence-electron chi connectivity index (χ3n) is 5.43. The lowest BCUT2D eigenvalue weighted by molar-refractivity contribution is -0.117. The van der Waals surface area contributed by atoms with Gasteiger partial charge in [-0.1, -0.05) is 82.9 Å². The minimum atomic E-state index is -3.47. The molecular weight excluding hydrogens is 358 g/mol. The van der Waals surface area contributed by atoms with Crippen molar-refractivity contribution in [3.05, 3.63) is 29.8 Å². The molecule has 27 heavy (non-hydrogen) atoms. The second kappa shape index (κ2) is 11.0. The summed E-state index contributed by atoms with van der Waals surface area (Å²) in [5.74, 6) is 0.0278. The normalized spacial score (nSPS) is 18.5. The molecule has 1 atom stereocenters. The van der Waals surface area contributed by atoms with Gasteiger partial charge >= 0.3 is 0 Å². The Morgan fingerprint density at radius 3 is 2.07 bits per heavy atom. The van der Waals surface area contributed by atoms with Crippen LogP contribution in [0.15, 0.2) is 29.2 Å². The molecule has 0 unspecified atom stereocenters. The maximum atomic E-state index is 12.9. The van der Waals surface area contributed by atoms with Gasteiger partial charge in [-0.3, -0.25) is 4.79 Å². The van der Waals surface area contributed by atoms with Gasteiger partial charge in [-0.2, -0.15) is 4.31 Å². The molecule has 1 aliphatic rings. The first-order chi connectivity index (χ1) is 13.0. The quantitative estimate of drug-likeness (QED) is 0.408. The number of unbranched alkanes of at least 4 members (excludes halogenated alkanes) is 9. The maximum absolute atomic E-state index is 12.9. The predicted octanol–water partition coefficient (Wildman–Crippen LogP) is 5.63. The molecule has 0 saturated carbocycles. The van der Waals surface area contributed by atoms with E-state index in [1.807, 2.05) is 12.1 Å². The SMILES string of the molecule is CCCCCCCCCCCCN1[C@@H](CC(C)=O)c2ccccc2S1(=O)=O. The molecule has 0 aromatic heterocycles. The average Bonchev–Trinajstić information content (AvgIpc) is 2.84. The number of benzene rings is 1. The van der Waals surface area contributed by atoms with Gasteiger partial charge in [-0.25, -0.2) is 8.42 Å². The van der Waals surface area contributed by atoms with Crippen molar-refractivity contribution >= 4 is 15.8 Å². The molecule has 0 bridgehead atoms. The van der Waals surface area contributed by atoms with Crippen LogP contribution in [0.3, 0.4) is 0 Å². The molecule has 4 nitrogen and oxygen atoms in total. The molecular formula is C22H35NO3S. The molecule has 0 N–H and O–H groups in total. The smallest absolute Gasteiger partial charge is 0.243 e. The summed E-state index contributed by atoms with van der Waals surface area (Å²) >= 11 is 0. The molecule has 2 rings (SSSR count). The van der Waals surface area contributed by atoms with Gasteiger partial charge in [0.25, 0.3) is 0 Å². The van der Waals surface area contributed by atoms with Crippen molar-refractivity contribution in [1.82, 2.24) is 4.31 Å². The summed E-state index contributed by atoms with van der Waals surface area (Å²) in [4.78, 5) is 12.1. The number of sulfonamides is 1. The molecule has 0 radical (unpaired) electrons. The predicted molar refractivity (Wildman–Crippen MR) is 110 cm³/mol. The first kappa shape index (κ1) is 22.1. The zero-order valence-electron chi connectivity index (χ0n) is 17.0. The summed E-state index contributed by atoms with van der Waals surface area (Å²) in [5.41, 5.74) is 0.778. The van der Waals surface area contributed by atoms with Crippen LogP contribution in [0.2, 0.25) is 0 Å². The van der Waals surface area contributed by atoms with Gasteiger partial charge in [0.2, 0.25) is 10.0 Å². The second-order valence-electron chi connectivity index (χ2n) is 7.76. The Bertz CT molecular complexity index is 699. The van der Waals surface area contributed by atoms with Gasteiger partial charge in [0.15, 0.2) is 0 Å². The molecule has 0 spiro atoms. The number of carbonyl (C=O) groups is 1. The molecule has 0 saturated heterocycles. The Hall–Kier alpha value is -1.20. The van der Waals surface area contributed by atoms with E-state index < -0.39 is 10.0 Å². The molecule has 1 heterocycles. The number of Topliss-reactive ketones (excluding diaryl/α,β-unsaturated/α-hetero) is 1. The fourth-order valence-corrected chi connectivity index (χ4v) is 5.85. The summed E-state index contributed by atoms with van der Waals surface area (Å²) in [6, 6.07) is 6.79. The Balaban J connectivity index is 1.80. The van der Waals surface area contributed by atoms with Crippen LogP contribution >= 0.6 is 0 Å². The largest absolute Gasteiger partial charge is 0.300 e. The van der Waals surface area contributed by atoms with Crippen LogP contribution in [0.1, 0.15) is 96.1 Å². The van der Waals surface area contributed by atoms with Crippen LogP contribution in [0.5, 0.6) is 0 Å². The van der Waals surface area contributed by atoms with Crippen LogP contribution < -0.4 is 0 Å². The van der Waals surface area contributed by atoms with Crippen LogP contribution in [0.4, 0.5) is 0 Å². The van der Waals surface area contributed by atoms with Crippen molar-refractivity contribution in [3.8, 4) is 0 Å². The van der Waals surface area contributed by atoms with Crippen molar-refractivity contribution < 1.29 is 13.2 Å². The van der Waals surface area contributed by atoms with E-state index in [1.165, 1.54) is 51.9 Å². The molecule has 0 aliphatic carbocycles. The maximum Gasteiger partial charge on any atom is 0.243 e. The van der Waals surface area contributed by atoms with Crippen LogP contribution in [-0.2, 0) is 14.8 Å². The number of nitrogens with zero attached hydrogens (tertiary/aromatic N) is 1. The van der Waals surface area contributed by atoms with E-state index >= 15 is 0 Å². The average molecular weight is 394 g/mol. The van der Waals surface area contributed by atoms with Gasteiger partial charge in [0, 0.05) is 13.0 Å². The third kappa shape index (κ3) is 6.15. The lowest BCUT2D eigenvalue weighted by atomic mass is 10.0. The highest BCUT2D eigenvalue weighted by atomic mass is 32.2. The number of carbonyl (C=O) groups excluding carboxylic acids is 1. The number of fused-ring (bicyclic) bond motifs is 1. The highest BCUT2D eigenvalue weighted by Gasteiger charge is 2.42. The van der Waals surface area contributed by atoms with E-state index in [2.05, 4.69) is 6.92 Å². The van der Waals surface area contributed by atoms with Crippen LogP contribution in [-0.4, -0.2) is 25.1 Å². The molecule has 5 heteroatoms. The fraction of sp³-hybridized carbons (Fsp3) is 0.682.